The lowest BCUT2D eigenvalue weighted by molar-refractivity contribution is -0.127. The van der Waals surface area contributed by atoms with E-state index in [2.05, 4.69) is 11.4 Å². The second-order valence-corrected chi connectivity index (χ2v) is 6.86. The Kier molecular flexibility index (Phi) is 7.07. The van der Waals surface area contributed by atoms with Crippen LogP contribution in [0.25, 0.3) is 11.1 Å². The predicted octanol–water partition coefficient (Wildman–Crippen LogP) is 4.36. The number of rotatable bonds is 8. The summed E-state index contributed by atoms with van der Waals surface area (Å²) < 4.78 is 10.9. The van der Waals surface area contributed by atoms with Crippen LogP contribution < -0.4 is 14.8 Å². The van der Waals surface area contributed by atoms with Crippen LogP contribution in [0.5, 0.6) is 11.5 Å². The fourth-order valence-electron chi connectivity index (χ4n) is 2.99. The fourth-order valence-corrected chi connectivity index (χ4v) is 2.99. The fraction of sp³-hybridized carbons (Fsp3) is 0.200. The molecule has 3 aromatic carbocycles. The molecule has 1 atom stereocenters. The van der Waals surface area contributed by atoms with E-state index in [1.165, 1.54) is 0 Å². The molecule has 1 N–H and O–H groups in total. The van der Waals surface area contributed by atoms with Gasteiger partial charge < -0.3 is 14.8 Å². The van der Waals surface area contributed by atoms with Crippen molar-refractivity contribution >= 4 is 5.91 Å². The summed E-state index contributed by atoms with van der Waals surface area (Å²) in [5, 5.41) is 11.8. The average Bonchev–Trinajstić information content (AvgIpc) is 2.80. The van der Waals surface area contributed by atoms with Gasteiger partial charge in [-0.15, -0.1) is 0 Å². The molecule has 0 saturated heterocycles. The third-order valence-electron chi connectivity index (χ3n) is 4.76. The van der Waals surface area contributed by atoms with Gasteiger partial charge in [0.1, 0.15) is 11.5 Å². The van der Waals surface area contributed by atoms with Crippen molar-refractivity contribution in [2.24, 2.45) is 0 Å². The summed E-state index contributed by atoms with van der Waals surface area (Å²) in [5.41, 5.74) is 3.79. The lowest BCUT2D eigenvalue weighted by Crippen LogP contribution is -2.37. The highest BCUT2D eigenvalue weighted by atomic mass is 16.5. The Bertz CT molecular complexity index is 1000. The van der Waals surface area contributed by atoms with Crippen molar-refractivity contribution in [3.8, 4) is 28.7 Å². The Morgan fingerprint density at radius 2 is 1.50 bits per heavy atom. The van der Waals surface area contributed by atoms with E-state index in [1.54, 1.807) is 26.2 Å². The molecule has 0 aliphatic heterocycles. The molecule has 3 aromatic rings. The number of nitrogens with one attached hydrogen (secondary N) is 1. The molecule has 0 saturated carbocycles. The lowest BCUT2D eigenvalue weighted by atomic mass is 10.0. The largest absolute Gasteiger partial charge is 0.497 e. The SMILES string of the molecule is COc1ccc(CCNC(=O)C(C)Oc2ccc(-c3ccc(C#N)cc3)cc2)cc1. The molecule has 0 fully saturated rings. The van der Waals surface area contributed by atoms with Crippen LogP contribution in [0, 0.1) is 11.3 Å². The first-order valence-electron chi connectivity index (χ1n) is 9.77. The minimum absolute atomic E-state index is 0.153. The van der Waals surface area contributed by atoms with Gasteiger partial charge in [-0.05, 0) is 66.4 Å². The predicted molar refractivity (Wildman–Crippen MR) is 116 cm³/mol. The van der Waals surface area contributed by atoms with E-state index in [0.29, 0.717) is 17.9 Å². The number of hydrogen-bond donors (Lipinski definition) is 1. The molecule has 5 nitrogen and oxygen atoms in total. The van der Waals surface area contributed by atoms with Gasteiger partial charge in [0.05, 0.1) is 18.7 Å². The van der Waals surface area contributed by atoms with Crippen molar-refractivity contribution in [3.05, 3.63) is 83.9 Å². The van der Waals surface area contributed by atoms with Gasteiger partial charge in [0.25, 0.3) is 5.91 Å². The molecule has 0 aliphatic rings. The Morgan fingerprint density at radius 3 is 2.07 bits per heavy atom. The zero-order valence-corrected chi connectivity index (χ0v) is 17.1. The second-order valence-electron chi connectivity index (χ2n) is 6.86. The van der Waals surface area contributed by atoms with Crippen LogP contribution >= 0.6 is 0 Å². The van der Waals surface area contributed by atoms with E-state index >= 15 is 0 Å². The van der Waals surface area contributed by atoms with Crippen molar-refractivity contribution < 1.29 is 14.3 Å². The van der Waals surface area contributed by atoms with Crippen LogP contribution in [0.15, 0.2) is 72.8 Å². The highest BCUT2D eigenvalue weighted by Crippen LogP contribution is 2.23. The molecule has 1 amide bonds. The smallest absolute Gasteiger partial charge is 0.260 e. The number of carbonyl (C=O) groups excluding carboxylic acids is 1. The van der Waals surface area contributed by atoms with Crippen molar-refractivity contribution in [3.63, 3.8) is 0 Å². The lowest BCUT2D eigenvalue weighted by Gasteiger charge is -2.15. The third kappa shape index (κ3) is 5.62. The van der Waals surface area contributed by atoms with Crippen molar-refractivity contribution in [1.29, 1.82) is 5.26 Å². The molecule has 0 aromatic heterocycles. The topological polar surface area (TPSA) is 71.3 Å². The first-order valence-corrected chi connectivity index (χ1v) is 9.77. The summed E-state index contributed by atoms with van der Waals surface area (Å²) in [5.74, 6) is 1.29. The average molecular weight is 400 g/mol. The summed E-state index contributed by atoms with van der Waals surface area (Å²) in [6, 6.07) is 24.9. The molecule has 0 radical (unpaired) electrons. The summed E-state index contributed by atoms with van der Waals surface area (Å²) in [7, 11) is 1.64. The molecule has 5 heteroatoms. The van der Waals surface area contributed by atoms with Gasteiger partial charge >= 0.3 is 0 Å². The monoisotopic (exact) mass is 400 g/mol. The first-order chi connectivity index (χ1) is 14.6. The Hall–Kier alpha value is -3.78. The molecule has 3 rings (SSSR count). The van der Waals surface area contributed by atoms with Gasteiger partial charge in [-0.25, -0.2) is 0 Å². The molecule has 0 aliphatic carbocycles. The van der Waals surface area contributed by atoms with Gasteiger partial charge in [0, 0.05) is 6.54 Å². The number of hydrogen-bond acceptors (Lipinski definition) is 4. The van der Waals surface area contributed by atoms with Crippen LogP contribution in [0.1, 0.15) is 18.1 Å². The maximum absolute atomic E-state index is 12.3. The van der Waals surface area contributed by atoms with Crippen LogP contribution in [-0.4, -0.2) is 25.7 Å². The van der Waals surface area contributed by atoms with E-state index in [1.807, 2.05) is 60.7 Å². The standard InChI is InChI=1S/C25H24N2O3/c1-18(25(28)27-16-15-19-5-11-23(29-2)12-6-19)30-24-13-9-22(10-14-24)21-7-3-20(17-26)4-8-21/h3-14,18H,15-16H2,1-2H3,(H,27,28). The van der Waals surface area contributed by atoms with E-state index in [4.69, 9.17) is 14.7 Å². The number of nitrogens with zero attached hydrogens (tertiary/aromatic N) is 1. The van der Waals surface area contributed by atoms with E-state index in [9.17, 15) is 4.79 Å². The van der Waals surface area contributed by atoms with Crippen LogP contribution in [0.3, 0.4) is 0 Å². The number of amides is 1. The maximum Gasteiger partial charge on any atom is 0.260 e. The van der Waals surface area contributed by atoms with Gasteiger partial charge in [0.2, 0.25) is 0 Å². The molecule has 152 valence electrons. The normalized spacial score (nSPS) is 11.2. The molecule has 1 unspecified atom stereocenters. The number of methoxy groups -OCH3 is 1. The summed E-state index contributed by atoms with van der Waals surface area (Å²) in [4.78, 5) is 12.3. The molecule has 30 heavy (non-hydrogen) atoms. The van der Waals surface area contributed by atoms with Crippen LogP contribution in [0.2, 0.25) is 0 Å². The van der Waals surface area contributed by atoms with Crippen LogP contribution in [-0.2, 0) is 11.2 Å². The maximum atomic E-state index is 12.3. The zero-order chi connectivity index (χ0) is 21.3. The third-order valence-corrected chi connectivity index (χ3v) is 4.76. The van der Waals surface area contributed by atoms with Crippen molar-refractivity contribution in [1.82, 2.24) is 5.32 Å². The molecule has 0 spiro atoms. The highest BCUT2D eigenvalue weighted by molar-refractivity contribution is 5.80. The number of nitriles is 1. The molecule has 0 heterocycles. The summed E-state index contributed by atoms with van der Waals surface area (Å²) in [6.07, 6.45) is 0.142. The highest BCUT2D eigenvalue weighted by Gasteiger charge is 2.14. The second kappa shape index (κ2) is 10.1. The van der Waals surface area contributed by atoms with Gasteiger partial charge in [-0.2, -0.15) is 5.26 Å². The minimum atomic E-state index is -0.596. The molecular weight excluding hydrogens is 376 g/mol. The number of ether oxygens (including phenoxy) is 2. The first kappa shape index (κ1) is 20.9. The number of benzene rings is 3. The van der Waals surface area contributed by atoms with Gasteiger partial charge in [-0.1, -0.05) is 36.4 Å². The van der Waals surface area contributed by atoms with E-state index in [-0.39, 0.29) is 5.91 Å². The quantitative estimate of drug-likeness (QED) is 0.610. The van der Waals surface area contributed by atoms with Crippen molar-refractivity contribution in [2.45, 2.75) is 19.4 Å². The summed E-state index contributed by atoms with van der Waals surface area (Å²) in [6.45, 7) is 2.27. The Morgan fingerprint density at radius 1 is 0.933 bits per heavy atom. The van der Waals surface area contributed by atoms with Gasteiger partial charge in [-0.3, -0.25) is 4.79 Å². The minimum Gasteiger partial charge on any atom is -0.497 e. The summed E-state index contributed by atoms with van der Waals surface area (Å²) >= 11 is 0. The van der Waals surface area contributed by atoms with Crippen LogP contribution in [0.4, 0.5) is 0 Å². The Balaban J connectivity index is 1.48. The van der Waals surface area contributed by atoms with Crippen molar-refractivity contribution in [2.75, 3.05) is 13.7 Å². The van der Waals surface area contributed by atoms with Gasteiger partial charge in [0.15, 0.2) is 6.10 Å². The number of carbonyl (C=O) groups is 1. The Labute approximate surface area is 176 Å². The van der Waals surface area contributed by atoms with E-state index in [0.717, 1.165) is 28.9 Å². The molecular formula is C25H24N2O3. The van der Waals surface area contributed by atoms with E-state index < -0.39 is 6.10 Å². The zero-order valence-electron chi connectivity index (χ0n) is 17.1. The molecule has 0 bridgehead atoms.